The smallest absolute Gasteiger partial charge is 0.417 e. The van der Waals surface area contributed by atoms with Crippen molar-refractivity contribution in [2.75, 3.05) is 57.3 Å². The van der Waals surface area contributed by atoms with Crippen molar-refractivity contribution in [3.63, 3.8) is 0 Å². The van der Waals surface area contributed by atoms with Gasteiger partial charge in [-0.2, -0.15) is 13.2 Å². The highest BCUT2D eigenvalue weighted by molar-refractivity contribution is 6.31. The number of allylic oxidation sites excluding steroid dienone is 2. The lowest BCUT2D eigenvalue weighted by Gasteiger charge is -2.10. The Bertz CT molecular complexity index is 1440. The number of ether oxygens (including phenoxy) is 4. The molecule has 0 bridgehead atoms. The molecule has 0 radical (unpaired) electrons. The topological polar surface area (TPSA) is 120 Å². The Morgan fingerprint density at radius 2 is 1.66 bits per heavy atom. The average Bonchev–Trinajstić information content (AvgIpc) is 3.06. The molecule has 14 heteroatoms. The molecular formula is C33H38ClF3N4O6. The number of benzene rings is 2. The highest BCUT2D eigenvalue weighted by Crippen LogP contribution is 2.36. The molecule has 3 aromatic rings. The quantitative estimate of drug-likeness (QED) is 0.0564. The second-order valence-corrected chi connectivity index (χ2v) is 9.69. The number of carbonyl (C=O) groups is 2. The van der Waals surface area contributed by atoms with Gasteiger partial charge in [-0.1, -0.05) is 18.2 Å². The van der Waals surface area contributed by atoms with E-state index < -0.39 is 11.7 Å². The lowest BCUT2D eigenvalue weighted by molar-refractivity contribution is -0.137. The Hall–Kier alpha value is -4.59. The third kappa shape index (κ3) is 15.0. The summed E-state index contributed by atoms with van der Waals surface area (Å²) in [6, 6.07) is 13.7. The molecule has 1 aromatic heterocycles. The maximum Gasteiger partial charge on any atom is 0.417 e. The Kier molecular flexibility index (Phi) is 17.4. The lowest BCUT2D eigenvalue weighted by Crippen LogP contribution is -2.28. The van der Waals surface area contributed by atoms with Crippen LogP contribution in [0.15, 0.2) is 85.3 Å². The molecule has 2 amide bonds. The van der Waals surface area contributed by atoms with Crippen molar-refractivity contribution >= 4 is 35.3 Å². The number of carbonyl (C=O) groups excluding carboxylic acids is 2. The van der Waals surface area contributed by atoms with Gasteiger partial charge >= 0.3 is 6.18 Å². The Morgan fingerprint density at radius 1 is 0.957 bits per heavy atom. The van der Waals surface area contributed by atoms with Gasteiger partial charge in [-0.15, -0.1) is 0 Å². The summed E-state index contributed by atoms with van der Waals surface area (Å²) >= 11 is 5.39. The summed E-state index contributed by atoms with van der Waals surface area (Å²) in [5.74, 6) is 1.48. The highest BCUT2D eigenvalue weighted by atomic mass is 35.5. The fraction of sp³-hybridized carbons (Fsp3) is 0.303. The predicted molar refractivity (Wildman–Crippen MR) is 175 cm³/mol. The van der Waals surface area contributed by atoms with Gasteiger partial charge in [-0.3, -0.25) is 14.6 Å². The van der Waals surface area contributed by atoms with Crippen LogP contribution >= 0.6 is 11.6 Å². The summed E-state index contributed by atoms with van der Waals surface area (Å²) in [7, 11) is 1.55. The van der Waals surface area contributed by atoms with Crippen molar-refractivity contribution in [2.45, 2.75) is 19.5 Å². The maximum atomic E-state index is 12.3. The number of alkyl halides is 3. The van der Waals surface area contributed by atoms with Crippen LogP contribution < -0.4 is 20.7 Å². The van der Waals surface area contributed by atoms with Crippen molar-refractivity contribution in [2.24, 2.45) is 0 Å². The van der Waals surface area contributed by atoms with Crippen molar-refractivity contribution in [3.05, 3.63) is 102 Å². The molecule has 1 heterocycles. The van der Waals surface area contributed by atoms with Crippen LogP contribution in [-0.4, -0.2) is 63.9 Å². The van der Waals surface area contributed by atoms with E-state index in [0.29, 0.717) is 68.9 Å². The molecule has 0 unspecified atom stereocenters. The molecule has 0 atom stereocenters. The lowest BCUT2D eigenvalue weighted by atomic mass is 10.2. The number of anilines is 2. The third-order valence-electron chi connectivity index (χ3n) is 5.93. The van der Waals surface area contributed by atoms with Crippen LogP contribution in [0.5, 0.6) is 11.5 Å². The molecule has 0 aliphatic heterocycles. The number of hydrogen-bond donors (Lipinski definition) is 3. The van der Waals surface area contributed by atoms with Gasteiger partial charge < -0.3 is 34.9 Å². The van der Waals surface area contributed by atoms with Crippen molar-refractivity contribution in [1.29, 1.82) is 0 Å². The molecule has 0 aliphatic rings. The monoisotopic (exact) mass is 678 g/mol. The van der Waals surface area contributed by atoms with Crippen molar-refractivity contribution in [1.82, 2.24) is 10.3 Å². The Morgan fingerprint density at radius 3 is 2.30 bits per heavy atom. The van der Waals surface area contributed by atoms with Gasteiger partial charge in [0.25, 0.3) is 5.91 Å². The number of nitrogens with zero attached hydrogens (tertiary/aromatic N) is 1. The van der Waals surface area contributed by atoms with Crippen LogP contribution in [0.25, 0.3) is 0 Å². The minimum absolute atomic E-state index is 0.236. The Labute approximate surface area is 276 Å². The third-order valence-corrected chi connectivity index (χ3v) is 6.26. The van der Waals surface area contributed by atoms with E-state index >= 15 is 0 Å². The normalized spacial score (nSPS) is 11.1. The van der Waals surface area contributed by atoms with E-state index in [4.69, 9.17) is 30.5 Å². The number of rotatable bonds is 18. The summed E-state index contributed by atoms with van der Waals surface area (Å²) in [5.41, 5.74) is 0.459. The van der Waals surface area contributed by atoms with Crippen LogP contribution in [0.3, 0.4) is 0 Å². The van der Waals surface area contributed by atoms with Gasteiger partial charge in [-0.05, 0) is 67.6 Å². The number of halogens is 4. The molecule has 10 nitrogen and oxygen atoms in total. The number of hydrogen-bond acceptors (Lipinski definition) is 8. The standard InChI is InChI=1S/C25H31N3O6.C8H7ClF3N/c1-3-21(4-2)33-14-5-13-31-16-17-32-15-12-27-25(30)24-18-23(10-11-26-24)34-22-8-6-20(7-9-22)28-19-29;1-13-5-2-3-7(9)6(4-5)8(10,11)12/h3-4,6-11,18-19H,1,5,12-17H2,2H3,(H,27,30)(H,28,29);2-4,13H,1H3/b21-4-;. The zero-order valence-corrected chi connectivity index (χ0v) is 26.8. The van der Waals surface area contributed by atoms with E-state index in [9.17, 15) is 22.8 Å². The molecule has 2 aromatic carbocycles. The summed E-state index contributed by atoms with van der Waals surface area (Å²) in [4.78, 5) is 26.9. The Balaban J connectivity index is 0.000000492. The summed E-state index contributed by atoms with van der Waals surface area (Å²) in [5, 5.41) is 7.63. The highest BCUT2D eigenvalue weighted by Gasteiger charge is 2.33. The molecule has 0 saturated carbocycles. The minimum atomic E-state index is -4.40. The van der Waals surface area contributed by atoms with Crippen LogP contribution in [0.1, 0.15) is 29.4 Å². The molecule has 0 fully saturated rings. The largest absolute Gasteiger partial charge is 0.494 e. The van der Waals surface area contributed by atoms with E-state index in [2.05, 4.69) is 27.5 Å². The fourth-order valence-electron chi connectivity index (χ4n) is 3.58. The van der Waals surface area contributed by atoms with E-state index in [1.54, 1.807) is 49.5 Å². The van der Waals surface area contributed by atoms with Gasteiger partial charge in [-0.25, -0.2) is 0 Å². The first kappa shape index (κ1) is 38.6. The molecular weight excluding hydrogens is 641 g/mol. The second kappa shape index (κ2) is 21.3. The van der Waals surface area contributed by atoms with Crippen molar-refractivity contribution in [3.8, 4) is 11.5 Å². The van der Waals surface area contributed by atoms with Gasteiger partial charge in [0.2, 0.25) is 6.41 Å². The van der Waals surface area contributed by atoms with E-state index in [1.165, 1.54) is 18.3 Å². The van der Waals surface area contributed by atoms with Crippen LogP contribution in [-0.2, 0) is 25.2 Å². The van der Waals surface area contributed by atoms with Crippen LogP contribution in [0.4, 0.5) is 24.5 Å². The summed E-state index contributed by atoms with van der Waals surface area (Å²) in [6.45, 7) is 8.33. The fourth-order valence-corrected chi connectivity index (χ4v) is 3.81. The van der Waals surface area contributed by atoms with E-state index in [1.807, 2.05) is 13.0 Å². The molecule has 254 valence electrons. The first-order chi connectivity index (χ1) is 22.6. The summed E-state index contributed by atoms with van der Waals surface area (Å²) < 4.78 is 58.9. The molecule has 0 aliphatic carbocycles. The zero-order chi connectivity index (χ0) is 34.5. The van der Waals surface area contributed by atoms with Crippen molar-refractivity contribution < 1.29 is 41.7 Å². The SMILES string of the molecule is C=C/C(=C/C)OCCCOCCOCCNC(=O)c1cc(Oc2ccc(NC=O)cc2)ccn1.CNc1ccc(Cl)c(C(F)(F)F)c1. The predicted octanol–water partition coefficient (Wildman–Crippen LogP) is 7.10. The number of nitrogens with one attached hydrogen (secondary N) is 3. The average molecular weight is 679 g/mol. The molecule has 47 heavy (non-hydrogen) atoms. The van der Waals surface area contributed by atoms with Gasteiger partial charge in [0.05, 0.1) is 37.0 Å². The first-order valence-electron chi connectivity index (χ1n) is 14.4. The summed E-state index contributed by atoms with van der Waals surface area (Å²) in [6.07, 6.45) is 2.01. The minimum Gasteiger partial charge on any atom is -0.494 e. The van der Waals surface area contributed by atoms with Gasteiger partial charge in [0.15, 0.2) is 0 Å². The van der Waals surface area contributed by atoms with E-state index in [-0.39, 0.29) is 16.6 Å². The van der Waals surface area contributed by atoms with Crippen LogP contribution in [0, 0.1) is 0 Å². The van der Waals surface area contributed by atoms with Gasteiger partial charge in [0, 0.05) is 50.3 Å². The number of aromatic nitrogens is 1. The van der Waals surface area contributed by atoms with E-state index in [0.717, 1.165) is 18.2 Å². The maximum absolute atomic E-state index is 12.3. The van der Waals surface area contributed by atoms with Crippen LogP contribution in [0.2, 0.25) is 5.02 Å². The first-order valence-corrected chi connectivity index (χ1v) is 14.8. The zero-order valence-electron chi connectivity index (χ0n) is 26.1. The number of amides is 2. The molecule has 0 saturated heterocycles. The number of pyridine rings is 1. The van der Waals surface area contributed by atoms with Gasteiger partial charge in [0.1, 0.15) is 23.0 Å². The molecule has 3 N–H and O–H groups in total. The second-order valence-electron chi connectivity index (χ2n) is 9.29. The molecule has 0 spiro atoms. The molecule has 3 rings (SSSR count).